The van der Waals surface area contributed by atoms with Crippen LogP contribution in [0.4, 0.5) is 17.1 Å². The molecule has 0 saturated carbocycles. The minimum atomic E-state index is -0.0562. The molecule has 0 N–H and O–H groups in total. The van der Waals surface area contributed by atoms with Gasteiger partial charge in [-0.2, -0.15) is 0 Å². The first-order valence-electron chi connectivity index (χ1n) is 20.4. The SMILES string of the molecule is c1ccc2c(c1)oc1ccc(-c3cc4c5c(c3)N(c3ccc6oc7ccccc7c6c3)c3cc6c(cc3B5c3cc5oc7ccccc7c5cc3-4)oc3ccccc36)cc12. The summed E-state index contributed by atoms with van der Waals surface area (Å²) in [4.78, 5) is 2.48. The van der Waals surface area contributed by atoms with Crippen molar-refractivity contribution in [2.75, 3.05) is 4.90 Å². The highest BCUT2D eigenvalue weighted by atomic mass is 16.3. The van der Waals surface area contributed by atoms with Crippen molar-refractivity contribution < 1.29 is 17.7 Å². The van der Waals surface area contributed by atoms with Crippen LogP contribution in [0.3, 0.4) is 0 Å². The third-order valence-electron chi connectivity index (χ3n) is 13.2. The summed E-state index contributed by atoms with van der Waals surface area (Å²) in [5.41, 5.74) is 18.8. The zero-order valence-corrected chi connectivity index (χ0v) is 31.8. The zero-order valence-electron chi connectivity index (χ0n) is 31.8. The Bertz CT molecular complexity index is 4050. The Morgan fingerprint density at radius 3 is 1.45 bits per heavy atom. The lowest BCUT2D eigenvalue weighted by Crippen LogP contribution is -2.54. The maximum Gasteiger partial charge on any atom is 0.248 e. The fourth-order valence-electron chi connectivity index (χ4n) is 10.6. The van der Waals surface area contributed by atoms with Gasteiger partial charge in [0.25, 0.3) is 0 Å². The van der Waals surface area contributed by atoms with E-state index in [0.29, 0.717) is 0 Å². The van der Waals surface area contributed by atoms with E-state index in [1.54, 1.807) is 0 Å². The van der Waals surface area contributed by atoms with E-state index in [1.807, 2.05) is 36.4 Å². The first-order valence-corrected chi connectivity index (χ1v) is 20.4. The summed E-state index contributed by atoms with van der Waals surface area (Å²) >= 11 is 0. The molecule has 13 aromatic rings. The molecule has 60 heavy (non-hydrogen) atoms. The second-order valence-corrected chi connectivity index (χ2v) is 16.4. The number of nitrogens with zero attached hydrogens (tertiary/aromatic N) is 1. The summed E-state index contributed by atoms with van der Waals surface area (Å²) in [6.45, 7) is -0.0562. The molecule has 0 fully saturated rings. The highest BCUT2D eigenvalue weighted by molar-refractivity contribution is 7.01. The molecular formula is C54H28BNO4. The highest BCUT2D eigenvalue weighted by Crippen LogP contribution is 2.47. The fraction of sp³-hybridized carbons (Fsp3) is 0. The van der Waals surface area contributed by atoms with E-state index in [0.717, 1.165) is 116 Å². The molecule has 0 radical (unpaired) electrons. The maximum atomic E-state index is 6.63. The van der Waals surface area contributed by atoms with Gasteiger partial charge in [0.15, 0.2) is 0 Å². The van der Waals surface area contributed by atoms with Crippen LogP contribution in [0, 0.1) is 0 Å². The monoisotopic (exact) mass is 765 g/mol. The van der Waals surface area contributed by atoms with E-state index in [4.69, 9.17) is 17.7 Å². The van der Waals surface area contributed by atoms with Gasteiger partial charge in [-0.15, -0.1) is 0 Å². The lowest BCUT2D eigenvalue weighted by Gasteiger charge is -2.36. The predicted octanol–water partition coefficient (Wildman–Crippen LogP) is 13.2. The fourth-order valence-corrected chi connectivity index (χ4v) is 10.6. The highest BCUT2D eigenvalue weighted by Gasteiger charge is 2.44. The van der Waals surface area contributed by atoms with Crippen LogP contribution in [0.2, 0.25) is 0 Å². The van der Waals surface area contributed by atoms with Crippen LogP contribution in [0.25, 0.3) is 110 Å². The summed E-state index contributed by atoms with van der Waals surface area (Å²) < 4.78 is 25.9. The van der Waals surface area contributed by atoms with Gasteiger partial charge in [0, 0.05) is 60.2 Å². The van der Waals surface area contributed by atoms with Crippen LogP contribution >= 0.6 is 0 Å². The predicted molar refractivity (Wildman–Crippen MR) is 246 cm³/mol. The molecule has 6 heteroatoms. The van der Waals surface area contributed by atoms with E-state index in [-0.39, 0.29) is 6.71 Å². The maximum absolute atomic E-state index is 6.63. The lowest BCUT2D eigenvalue weighted by atomic mass is 9.37. The summed E-state index contributed by atoms with van der Waals surface area (Å²) in [7, 11) is 0. The second kappa shape index (κ2) is 11.0. The van der Waals surface area contributed by atoms with Crippen molar-refractivity contribution in [3.8, 4) is 22.3 Å². The van der Waals surface area contributed by atoms with Gasteiger partial charge < -0.3 is 22.6 Å². The van der Waals surface area contributed by atoms with E-state index in [1.165, 1.54) is 27.5 Å². The first-order chi connectivity index (χ1) is 29.7. The van der Waals surface area contributed by atoms with Crippen LogP contribution in [-0.4, -0.2) is 6.71 Å². The molecule has 2 aliphatic heterocycles. The zero-order chi connectivity index (χ0) is 38.8. The molecule has 276 valence electrons. The molecule has 0 aliphatic carbocycles. The molecule has 0 spiro atoms. The summed E-state index contributed by atoms with van der Waals surface area (Å²) in [5.74, 6) is 0. The average molecular weight is 766 g/mol. The van der Waals surface area contributed by atoms with E-state index in [2.05, 4.69) is 138 Å². The number of benzene rings is 9. The number of fused-ring (bicyclic) bond motifs is 17. The number of furan rings is 4. The third kappa shape index (κ3) is 3.97. The van der Waals surface area contributed by atoms with Crippen molar-refractivity contribution in [2.24, 2.45) is 0 Å². The number of rotatable bonds is 2. The molecule has 0 unspecified atom stereocenters. The van der Waals surface area contributed by atoms with Crippen LogP contribution < -0.4 is 21.3 Å². The van der Waals surface area contributed by atoms with E-state index < -0.39 is 0 Å². The molecule has 5 nitrogen and oxygen atoms in total. The Morgan fingerprint density at radius 1 is 0.317 bits per heavy atom. The first kappa shape index (κ1) is 31.1. The largest absolute Gasteiger partial charge is 0.456 e. The number of hydrogen-bond acceptors (Lipinski definition) is 5. The number of anilines is 3. The Balaban J connectivity index is 1.08. The van der Waals surface area contributed by atoms with Crippen LogP contribution in [0.15, 0.2) is 188 Å². The standard InChI is InChI=1S/C54H28BNO4/c1-5-13-46-32(9-1)37-21-29(17-19-50(37)57-46)30-22-41-36-25-39-34-11-3-7-15-48(34)59-52(39)27-42(36)55-43-28-53-40(35-12-4-8-16-49(35)60-53)26-44(43)56(45(23-30)54(41)55)31-18-20-51-38(24-31)33-10-2-6-14-47(33)58-51/h1-28H. The molecule has 9 aromatic carbocycles. The number of hydrogen-bond donors (Lipinski definition) is 0. The molecule has 15 rings (SSSR count). The van der Waals surface area contributed by atoms with Gasteiger partial charge in [-0.05, 0) is 124 Å². The van der Waals surface area contributed by atoms with Crippen LogP contribution in [0.5, 0.6) is 0 Å². The lowest BCUT2D eigenvalue weighted by molar-refractivity contribution is 0.668. The summed E-state index contributed by atoms with van der Waals surface area (Å²) in [6.07, 6.45) is 0. The summed E-state index contributed by atoms with van der Waals surface area (Å²) in [6, 6.07) is 60.7. The van der Waals surface area contributed by atoms with E-state index in [9.17, 15) is 0 Å². The smallest absolute Gasteiger partial charge is 0.248 e. The minimum absolute atomic E-state index is 0.0562. The Morgan fingerprint density at radius 2 is 0.817 bits per heavy atom. The van der Waals surface area contributed by atoms with Gasteiger partial charge in [0.2, 0.25) is 6.71 Å². The molecule has 0 atom stereocenters. The quantitative estimate of drug-likeness (QED) is 0.164. The molecule has 0 bridgehead atoms. The normalized spacial score (nSPS) is 13.3. The van der Waals surface area contributed by atoms with Gasteiger partial charge in [-0.3, -0.25) is 0 Å². The van der Waals surface area contributed by atoms with Crippen LogP contribution in [0.1, 0.15) is 0 Å². The van der Waals surface area contributed by atoms with Crippen molar-refractivity contribution >= 4 is 128 Å². The Labute approximate surface area is 341 Å². The number of para-hydroxylation sites is 4. The van der Waals surface area contributed by atoms with Gasteiger partial charge >= 0.3 is 0 Å². The van der Waals surface area contributed by atoms with Gasteiger partial charge in [-0.1, -0.05) is 84.3 Å². The van der Waals surface area contributed by atoms with Crippen LogP contribution in [-0.2, 0) is 0 Å². The van der Waals surface area contributed by atoms with Crippen molar-refractivity contribution in [1.29, 1.82) is 0 Å². The molecule has 6 heterocycles. The third-order valence-corrected chi connectivity index (χ3v) is 13.2. The molecule has 4 aromatic heterocycles. The van der Waals surface area contributed by atoms with Gasteiger partial charge in [0.1, 0.15) is 44.7 Å². The topological polar surface area (TPSA) is 55.8 Å². The molecule has 0 saturated heterocycles. The van der Waals surface area contributed by atoms with Crippen molar-refractivity contribution in [1.82, 2.24) is 0 Å². The van der Waals surface area contributed by atoms with E-state index >= 15 is 0 Å². The molecule has 0 amide bonds. The summed E-state index contributed by atoms with van der Waals surface area (Å²) in [5, 5.41) is 8.84. The van der Waals surface area contributed by atoms with Gasteiger partial charge in [0.05, 0.1) is 0 Å². The Kier molecular flexibility index (Phi) is 5.67. The average Bonchev–Trinajstić information content (AvgIpc) is 4.10. The van der Waals surface area contributed by atoms with Crippen molar-refractivity contribution in [3.63, 3.8) is 0 Å². The molecule has 2 aliphatic rings. The second-order valence-electron chi connectivity index (χ2n) is 16.4. The molecular weight excluding hydrogens is 737 g/mol. The Hall–Kier alpha value is -7.96. The van der Waals surface area contributed by atoms with Gasteiger partial charge in [-0.25, -0.2) is 0 Å². The van der Waals surface area contributed by atoms with Crippen molar-refractivity contribution in [3.05, 3.63) is 170 Å². The minimum Gasteiger partial charge on any atom is -0.456 e. The van der Waals surface area contributed by atoms with Crippen molar-refractivity contribution in [2.45, 2.75) is 0 Å².